The van der Waals surface area contributed by atoms with Gasteiger partial charge in [-0.1, -0.05) is 39.1 Å². The fraction of sp³-hybridized carbons (Fsp3) is 0.500. The first-order valence-electron chi connectivity index (χ1n) is 24.7. The summed E-state index contributed by atoms with van der Waals surface area (Å²) in [4.78, 5) is 41.4. The summed E-state index contributed by atoms with van der Waals surface area (Å²) >= 11 is 16.2. The van der Waals surface area contributed by atoms with Crippen molar-refractivity contribution in [2.24, 2.45) is 0 Å². The smallest absolute Gasteiger partial charge is 0.410 e. The number of benzene rings is 2. The fourth-order valence-electron chi connectivity index (χ4n) is 7.66. The van der Waals surface area contributed by atoms with Crippen LogP contribution in [0.5, 0.6) is 11.5 Å². The van der Waals surface area contributed by atoms with E-state index in [0.29, 0.717) is 52.9 Å². The maximum atomic E-state index is 12.2. The molecule has 18 nitrogen and oxygen atoms in total. The van der Waals surface area contributed by atoms with E-state index in [1.807, 2.05) is 104 Å². The van der Waals surface area contributed by atoms with Crippen LogP contribution in [0.1, 0.15) is 69.2 Å². The summed E-state index contributed by atoms with van der Waals surface area (Å²) in [7, 11) is 0. The quantitative estimate of drug-likeness (QED) is 0.0985. The summed E-state index contributed by atoms with van der Waals surface area (Å²) in [5.41, 5.74) is 0.499. The van der Waals surface area contributed by atoms with E-state index in [1.165, 1.54) is 0 Å². The van der Waals surface area contributed by atoms with Crippen LogP contribution in [0.2, 0.25) is 10.0 Å². The summed E-state index contributed by atoms with van der Waals surface area (Å²) in [6.45, 7) is 28.2. The lowest BCUT2D eigenvalue weighted by atomic mass is 10.2. The number of amides is 2. The number of aromatic hydroxyl groups is 1. The van der Waals surface area contributed by atoms with Crippen LogP contribution in [0.4, 0.5) is 21.2 Å². The number of halogens is 3. The van der Waals surface area contributed by atoms with Gasteiger partial charge in [-0.15, -0.1) is 10.2 Å². The van der Waals surface area contributed by atoms with Crippen molar-refractivity contribution in [3.05, 3.63) is 83.1 Å². The lowest BCUT2D eigenvalue weighted by molar-refractivity contribution is 0.0132. The van der Waals surface area contributed by atoms with Crippen molar-refractivity contribution < 1.29 is 28.9 Å². The van der Waals surface area contributed by atoms with Gasteiger partial charge in [-0.05, 0) is 93.5 Å². The second-order valence-electron chi connectivity index (χ2n) is 20.3. The van der Waals surface area contributed by atoms with Crippen LogP contribution < -0.4 is 15.4 Å². The van der Waals surface area contributed by atoms with Gasteiger partial charge in [0.2, 0.25) is 0 Å². The summed E-state index contributed by atoms with van der Waals surface area (Å²) in [5.74, 6) is 3.70. The van der Waals surface area contributed by atoms with Gasteiger partial charge in [-0.3, -0.25) is 9.80 Å². The topological polar surface area (TPSA) is 180 Å². The van der Waals surface area contributed by atoms with Gasteiger partial charge in [0, 0.05) is 142 Å². The molecule has 0 radical (unpaired) electrons. The first-order valence-corrected chi connectivity index (χ1v) is 26.5. The van der Waals surface area contributed by atoms with Crippen molar-refractivity contribution in [1.82, 2.24) is 49.1 Å². The summed E-state index contributed by atoms with van der Waals surface area (Å²) in [5, 5.41) is 28.9. The number of hydrogen-bond donors (Lipinski definition) is 3. The average molecular weight is 1110 g/mol. The molecule has 3 N–H and O–H groups in total. The Balaban J connectivity index is 0.000000198. The van der Waals surface area contributed by atoms with E-state index in [-0.39, 0.29) is 24.0 Å². The third kappa shape index (κ3) is 17.5. The molecule has 2 aliphatic heterocycles. The molecule has 2 aliphatic rings. The van der Waals surface area contributed by atoms with Crippen molar-refractivity contribution in [3.8, 4) is 23.1 Å². The molecule has 0 spiro atoms. The van der Waals surface area contributed by atoms with Gasteiger partial charge in [-0.25, -0.2) is 28.9 Å². The highest BCUT2D eigenvalue weighted by Crippen LogP contribution is 2.29. The second-order valence-corrected chi connectivity index (χ2v) is 22.0. The molecule has 73 heavy (non-hydrogen) atoms. The number of rotatable bonds is 12. The highest BCUT2D eigenvalue weighted by molar-refractivity contribution is 9.09. The summed E-state index contributed by atoms with van der Waals surface area (Å²) in [6.07, 6.45) is 3.24. The molecule has 4 aromatic heterocycles. The molecule has 0 bridgehead atoms. The van der Waals surface area contributed by atoms with Crippen LogP contribution in [-0.4, -0.2) is 167 Å². The van der Waals surface area contributed by atoms with E-state index in [2.05, 4.69) is 65.4 Å². The van der Waals surface area contributed by atoms with Gasteiger partial charge in [-0.2, -0.15) is 0 Å². The molecule has 2 aromatic carbocycles. The molecule has 0 unspecified atom stereocenters. The molecular weight excluding hydrogens is 1040 g/mol. The minimum absolute atomic E-state index is 0.158. The summed E-state index contributed by atoms with van der Waals surface area (Å²) < 4.78 is 20.2. The lowest BCUT2D eigenvalue weighted by Gasteiger charge is -2.35. The third-order valence-electron chi connectivity index (χ3n) is 11.1. The van der Waals surface area contributed by atoms with Crippen molar-refractivity contribution in [1.29, 1.82) is 0 Å². The zero-order valence-electron chi connectivity index (χ0n) is 43.7. The van der Waals surface area contributed by atoms with Crippen molar-refractivity contribution >= 4 is 84.8 Å². The molecule has 2 amide bonds. The fourth-order valence-corrected chi connectivity index (χ4v) is 8.68. The van der Waals surface area contributed by atoms with E-state index in [1.54, 1.807) is 43.4 Å². The van der Waals surface area contributed by atoms with Crippen LogP contribution in [0.3, 0.4) is 0 Å². The van der Waals surface area contributed by atoms with Gasteiger partial charge in [0.25, 0.3) is 0 Å². The standard InChI is InChI=1S/C26H35ClN6O3.C15H15ClN4O.C11H21BrN2O2/c1-18(2)28-23-8-9-33(30-23)24-17-21(27)20-7-6-19(16-22(20)29-24)35-15-14-31-10-12-32(13-11-31)25(34)36-26(3,4)5;1-9(2)17-14-5-6-20(19-14)15-8-12(16)11-4-3-10(21)7-13(11)18-15;1-11(2,3)16-10(15)14-8-6-13(5-4-12)7-9-14/h6-9,16-18H,10-15H2,1-5H3,(H,28,30);3-9,21H,1-2H3,(H,17,19);4-9H2,1-3H3. The van der Waals surface area contributed by atoms with E-state index >= 15 is 0 Å². The predicted octanol–water partition coefficient (Wildman–Crippen LogP) is 10.4. The van der Waals surface area contributed by atoms with E-state index < -0.39 is 11.2 Å². The van der Waals surface area contributed by atoms with Crippen molar-refractivity contribution in [3.63, 3.8) is 0 Å². The number of phenols is 1. The molecule has 0 saturated carbocycles. The minimum Gasteiger partial charge on any atom is -0.508 e. The van der Waals surface area contributed by atoms with E-state index in [9.17, 15) is 14.7 Å². The summed E-state index contributed by atoms with van der Waals surface area (Å²) in [6, 6.07) is 18.6. The molecule has 2 fully saturated rings. The number of alkyl halides is 1. The van der Waals surface area contributed by atoms with Crippen LogP contribution in [0, 0.1) is 0 Å². The SMILES string of the molecule is CC(C)(C)OC(=O)N1CCN(CCBr)CC1.CC(C)Nc1ccn(-c2cc(Cl)c3ccc(O)cc3n2)n1.CC(C)Nc1ccn(-c2cc(Cl)c3ccc(OCCN4CCN(C(=O)OC(C)(C)C)CC4)cc3n2)n1. The Morgan fingerprint density at radius 1 is 0.644 bits per heavy atom. The van der Waals surface area contributed by atoms with Crippen LogP contribution in [-0.2, 0) is 9.47 Å². The van der Waals surface area contributed by atoms with Gasteiger partial charge < -0.3 is 39.8 Å². The van der Waals surface area contributed by atoms with Gasteiger partial charge in [0.05, 0.1) is 21.1 Å². The number of carbonyl (C=O) groups is 2. The monoisotopic (exact) mass is 1110 g/mol. The Morgan fingerprint density at radius 3 is 1.52 bits per heavy atom. The van der Waals surface area contributed by atoms with Crippen molar-refractivity contribution in [2.75, 3.05) is 88.0 Å². The Bertz CT molecular complexity index is 2760. The maximum Gasteiger partial charge on any atom is 0.410 e. The van der Waals surface area contributed by atoms with Crippen LogP contribution >= 0.6 is 39.1 Å². The highest BCUT2D eigenvalue weighted by Gasteiger charge is 2.27. The molecule has 2 saturated heterocycles. The third-order valence-corrected chi connectivity index (χ3v) is 12.1. The molecule has 21 heteroatoms. The predicted molar refractivity (Wildman–Crippen MR) is 295 cm³/mol. The number of phenolic OH excluding ortho intramolecular Hbond substituents is 1. The zero-order chi connectivity index (χ0) is 53.0. The van der Waals surface area contributed by atoms with Crippen LogP contribution in [0.15, 0.2) is 73.1 Å². The number of anilines is 2. The second kappa shape index (κ2) is 25.6. The Labute approximate surface area is 447 Å². The number of fused-ring (bicyclic) bond motifs is 2. The first kappa shape index (κ1) is 56.7. The maximum absolute atomic E-state index is 12.2. The Hall–Kier alpha value is -5.60. The zero-order valence-corrected chi connectivity index (χ0v) is 46.8. The molecule has 0 atom stereocenters. The van der Waals surface area contributed by atoms with Crippen molar-refractivity contribution in [2.45, 2.75) is 92.5 Å². The molecular formula is C52H71BrCl2N12O6. The van der Waals surface area contributed by atoms with Gasteiger partial charge in [0.1, 0.15) is 40.9 Å². The minimum atomic E-state index is -0.478. The molecule has 6 aromatic rings. The number of nitrogens with zero attached hydrogens (tertiary/aromatic N) is 10. The number of hydrogen-bond acceptors (Lipinski definition) is 14. The Morgan fingerprint density at radius 2 is 1.08 bits per heavy atom. The first-order chi connectivity index (χ1) is 34.5. The molecule has 6 heterocycles. The Kier molecular flexibility index (Phi) is 19.9. The number of ether oxygens (including phenoxy) is 3. The van der Waals surface area contributed by atoms with E-state index in [4.69, 9.17) is 42.4 Å². The number of carbonyl (C=O) groups excluding carboxylic acids is 2. The number of aromatic nitrogens is 6. The van der Waals surface area contributed by atoms with Gasteiger partial charge >= 0.3 is 12.2 Å². The number of piperazine rings is 2. The van der Waals surface area contributed by atoms with Crippen LogP contribution in [0.25, 0.3) is 33.4 Å². The van der Waals surface area contributed by atoms with E-state index in [0.717, 1.165) is 91.4 Å². The molecule has 8 rings (SSSR count). The normalized spacial score (nSPS) is 14.7. The average Bonchev–Trinajstić information content (AvgIpc) is 3.98. The number of pyridine rings is 2. The largest absolute Gasteiger partial charge is 0.508 e. The lowest BCUT2D eigenvalue weighted by Crippen LogP contribution is -2.50. The molecule has 0 aliphatic carbocycles. The van der Waals surface area contributed by atoms with Gasteiger partial charge in [0.15, 0.2) is 11.6 Å². The molecule has 396 valence electrons. The number of nitrogens with one attached hydrogen (secondary N) is 2. The highest BCUT2D eigenvalue weighted by atomic mass is 79.9.